The summed E-state index contributed by atoms with van der Waals surface area (Å²) in [5, 5.41) is 4.30. The number of hydrogen-bond donors (Lipinski definition) is 2. The number of H-pyrrole nitrogens is 1. The quantitative estimate of drug-likeness (QED) is 0.770. The Kier molecular flexibility index (Phi) is 4.21. The molecule has 0 atom stereocenters. The highest BCUT2D eigenvalue weighted by atomic mass is 35.5. The van der Waals surface area contributed by atoms with Crippen LogP contribution in [0.25, 0.3) is 10.9 Å². The second kappa shape index (κ2) is 6.30. The summed E-state index contributed by atoms with van der Waals surface area (Å²) in [6.07, 6.45) is 1.44. The van der Waals surface area contributed by atoms with Crippen LogP contribution in [0.4, 0.5) is 0 Å². The number of ether oxygens (including phenoxy) is 1. The second-order valence-corrected chi connectivity index (χ2v) is 5.68. The van der Waals surface area contributed by atoms with Crippen LogP contribution in [0.5, 0.6) is 5.88 Å². The third kappa shape index (κ3) is 3.29. The summed E-state index contributed by atoms with van der Waals surface area (Å²) in [5.41, 5.74) is 3.62. The molecule has 23 heavy (non-hydrogen) atoms. The van der Waals surface area contributed by atoms with Crippen molar-refractivity contribution in [1.82, 2.24) is 15.3 Å². The molecule has 1 aromatic carbocycles. The molecule has 118 valence electrons. The molecule has 2 heterocycles. The SMILES string of the molecule is COc1ncc(C(=O)NCc2ccc3[nH]c(C)cc3c2)cc1Cl. The smallest absolute Gasteiger partial charge is 0.253 e. The maximum absolute atomic E-state index is 12.2. The summed E-state index contributed by atoms with van der Waals surface area (Å²) < 4.78 is 4.97. The monoisotopic (exact) mass is 329 g/mol. The van der Waals surface area contributed by atoms with Crippen LogP contribution in [-0.2, 0) is 6.54 Å². The van der Waals surface area contributed by atoms with Crippen molar-refractivity contribution < 1.29 is 9.53 Å². The van der Waals surface area contributed by atoms with Crippen LogP contribution in [-0.4, -0.2) is 23.0 Å². The molecule has 0 unspecified atom stereocenters. The minimum atomic E-state index is -0.229. The largest absolute Gasteiger partial charge is 0.480 e. The molecule has 3 aromatic rings. The fourth-order valence-electron chi connectivity index (χ4n) is 2.42. The predicted octanol–water partition coefficient (Wildman–Crippen LogP) is 3.46. The maximum atomic E-state index is 12.2. The standard InChI is InChI=1S/C17H16ClN3O2/c1-10-5-12-6-11(3-4-15(12)21-10)8-19-16(22)13-7-14(18)17(23-2)20-9-13/h3-7,9,21H,8H2,1-2H3,(H,19,22). The van der Waals surface area contributed by atoms with E-state index >= 15 is 0 Å². The van der Waals surface area contributed by atoms with E-state index in [4.69, 9.17) is 16.3 Å². The molecular weight excluding hydrogens is 314 g/mol. The summed E-state index contributed by atoms with van der Waals surface area (Å²) in [7, 11) is 1.48. The molecule has 5 nitrogen and oxygen atoms in total. The molecule has 0 bridgehead atoms. The van der Waals surface area contributed by atoms with Crippen LogP contribution >= 0.6 is 11.6 Å². The van der Waals surface area contributed by atoms with Gasteiger partial charge < -0.3 is 15.0 Å². The maximum Gasteiger partial charge on any atom is 0.253 e. The highest BCUT2D eigenvalue weighted by molar-refractivity contribution is 6.32. The van der Waals surface area contributed by atoms with E-state index < -0.39 is 0 Å². The van der Waals surface area contributed by atoms with E-state index in [1.807, 2.05) is 19.1 Å². The van der Waals surface area contributed by atoms with Crippen LogP contribution < -0.4 is 10.1 Å². The van der Waals surface area contributed by atoms with Gasteiger partial charge in [-0.05, 0) is 42.1 Å². The van der Waals surface area contributed by atoms with Crippen LogP contribution in [0.1, 0.15) is 21.6 Å². The molecule has 0 aliphatic heterocycles. The molecule has 0 spiro atoms. The zero-order valence-corrected chi connectivity index (χ0v) is 13.6. The van der Waals surface area contributed by atoms with Gasteiger partial charge in [0.05, 0.1) is 12.7 Å². The van der Waals surface area contributed by atoms with Gasteiger partial charge in [-0.25, -0.2) is 4.98 Å². The molecule has 1 amide bonds. The highest BCUT2D eigenvalue weighted by Crippen LogP contribution is 2.22. The number of aryl methyl sites for hydroxylation is 1. The second-order valence-electron chi connectivity index (χ2n) is 5.27. The molecule has 6 heteroatoms. The number of methoxy groups -OCH3 is 1. The molecule has 2 aromatic heterocycles. The van der Waals surface area contributed by atoms with Crippen molar-refractivity contribution in [2.45, 2.75) is 13.5 Å². The molecule has 0 radical (unpaired) electrons. The van der Waals surface area contributed by atoms with E-state index in [1.54, 1.807) is 6.07 Å². The van der Waals surface area contributed by atoms with E-state index in [-0.39, 0.29) is 5.91 Å². The number of aromatic amines is 1. The summed E-state index contributed by atoms with van der Waals surface area (Å²) in [4.78, 5) is 19.4. The number of pyridine rings is 1. The third-order valence-corrected chi connectivity index (χ3v) is 3.81. The van der Waals surface area contributed by atoms with Crippen LogP contribution in [0.15, 0.2) is 36.5 Å². The molecular formula is C17H16ClN3O2. The topological polar surface area (TPSA) is 67.0 Å². The number of hydrogen-bond acceptors (Lipinski definition) is 3. The van der Waals surface area contributed by atoms with E-state index in [0.29, 0.717) is 23.0 Å². The van der Waals surface area contributed by atoms with E-state index in [9.17, 15) is 4.79 Å². The lowest BCUT2D eigenvalue weighted by atomic mass is 10.1. The number of rotatable bonds is 4. The van der Waals surface area contributed by atoms with Crippen LogP contribution in [0, 0.1) is 6.92 Å². The third-order valence-electron chi connectivity index (χ3n) is 3.54. The first-order chi connectivity index (χ1) is 11.1. The lowest BCUT2D eigenvalue weighted by Gasteiger charge is -2.07. The van der Waals surface area contributed by atoms with Crippen molar-refractivity contribution >= 4 is 28.4 Å². The van der Waals surface area contributed by atoms with Gasteiger partial charge in [-0.15, -0.1) is 0 Å². The number of fused-ring (bicyclic) bond motifs is 1. The fraction of sp³-hybridized carbons (Fsp3) is 0.176. The Morgan fingerprint density at radius 2 is 2.17 bits per heavy atom. The first-order valence-corrected chi connectivity index (χ1v) is 7.50. The number of aromatic nitrogens is 2. The number of amides is 1. The van der Waals surface area contributed by atoms with Crippen molar-refractivity contribution in [1.29, 1.82) is 0 Å². The molecule has 3 rings (SSSR count). The van der Waals surface area contributed by atoms with Gasteiger partial charge in [0.1, 0.15) is 5.02 Å². The predicted molar refractivity (Wildman–Crippen MR) is 90.0 cm³/mol. The van der Waals surface area contributed by atoms with Crippen molar-refractivity contribution in [2.75, 3.05) is 7.11 Å². The molecule has 2 N–H and O–H groups in total. The highest BCUT2D eigenvalue weighted by Gasteiger charge is 2.10. The molecule has 0 aliphatic rings. The number of carbonyl (C=O) groups excluding carboxylic acids is 1. The van der Waals surface area contributed by atoms with Crippen LogP contribution in [0.2, 0.25) is 5.02 Å². The van der Waals surface area contributed by atoms with E-state index in [2.05, 4.69) is 27.4 Å². The van der Waals surface area contributed by atoms with Gasteiger partial charge in [0.2, 0.25) is 5.88 Å². The molecule has 0 fully saturated rings. The number of benzene rings is 1. The average Bonchev–Trinajstić information content (AvgIpc) is 2.91. The van der Waals surface area contributed by atoms with Gasteiger partial charge in [0, 0.05) is 24.0 Å². The molecule has 0 saturated heterocycles. The molecule has 0 saturated carbocycles. The zero-order chi connectivity index (χ0) is 16.4. The summed E-state index contributed by atoms with van der Waals surface area (Å²) >= 11 is 5.99. The summed E-state index contributed by atoms with van der Waals surface area (Å²) in [6.45, 7) is 2.45. The summed E-state index contributed by atoms with van der Waals surface area (Å²) in [5.74, 6) is 0.0731. The van der Waals surface area contributed by atoms with Gasteiger partial charge in [0.25, 0.3) is 5.91 Å². The first kappa shape index (κ1) is 15.4. The average molecular weight is 330 g/mol. The van der Waals surface area contributed by atoms with Crippen molar-refractivity contribution in [3.05, 3.63) is 58.4 Å². The normalized spacial score (nSPS) is 10.7. The minimum Gasteiger partial charge on any atom is -0.480 e. The number of nitrogens with one attached hydrogen (secondary N) is 2. The van der Waals surface area contributed by atoms with Gasteiger partial charge >= 0.3 is 0 Å². The Labute approximate surface area is 138 Å². The lowest BCUT2D eigenvalue weighted by Crippen LogP contribution is -2.22. The number of nitrogens with zero attached hydrogens (tertiary/aromatic N) is 1. The fourth-order valence-corrected chi connectivity index (χ4v) is 2.66. The van der Waals surface area contributed by atoms with Gasteiger partial charge in [-0.1, -0.05) is 17.7 Å². The lowest BCUT2D eigenvalue weighted by molar-refractivity contribution is 0.0950. The molecule has 0 aliphatic carbocycles. The zero-order valence-electron chi connectivity index (χ0n) is 12.8. The van der Waals surface area contributed by atoms with Crippen molar-refractivity contribution in [3.63, 3.8) is 0 Å². The Balaban J connectivity index is 1.71. The Bertz CT molecular complexity index is 873. The number of carbonyl (C=O) groups is 1. The van der Waals surface area contributed by atoms with Crippen molar-refractivity contribution in [2.24, 2.45) is 0 Å². The van der Waals surface area contributed by atoms with Crippen molar-refractivity contribution in [3.8, 4) is 5.88 Å². The Morgan fingerprint density at radius 3 is 2.91 bits per heavy atom. The van der Waals surface area contributed by atoms with Crippen LogP contribution in [0.3, 0.4) is 0 Å². The van der Waals surface area contributed by atoms with E-state index in [0.717, 1.165) is 22.2 Å². The first-order valence-electron chi connectivity index (χ1n) is 7.13. The Morgan fingerprint density at radius 1 is 1.35 bits per heavy atom. The summed E-state index contributed by atoms with van der Waals surface area (Å²) in [6, 6.07) is 9.67. The van der Waals surface area contributed by atoms with Gasteiger partial charge in [-0.2, -0.15) is 0 Å². The van der Waals surface area contributed by atoms with Gasteiger partial charge in [-0.3, -0.25) is 4.79 Å². The van der Waals surface area contributed by atoms with E-state index in [1.165, 1.54) is 13.3 Å². The minimum absolute atomic E-state index is 0.229. The van der Waals surface area contributed by atoms with Gasteiger partial charge in [0.15, 0.2) is 0 Å². The number of halogens is 1. The Hall–Kier alpha value is -2.53.